The molecule has 0 amide bonds. The number of amidine groups is 1. The predicted octanol–water partition coefficient (Wildman–Crippen LogP) is 4.36. The van der Waals surface area contributed by atoms with E-state index >= 15 is 0 Å². The molecule has 2 N–H and O–H groups in total. The lowest BCUT2D eigenvalue weighted by atomic mass is 9.93. The van der Waals surface area contributed by atoms with E-state index in [2.05, 4.69) is 40.8 Å². The number of ether oxygens (including phenoxy) is 1. The number of allylic oxidation sites excluding steroid dienone is 2. The van der Waals surface area contributed by atoms with Gasteiger partial charge in [-0.15, -0.1) is 0 Å². The van der Waals surface area contributed by atoms with E-state index in [-0.39, 0.29) is 11.9 Å². The van der Waals surface area contributed by atoms with Crippen molar-refractivity contribution in [2.75, 3.05) is 4.90 Å². The van der Waals surface area contributed by atoms with Gasteiger partial charge in [-0.1, -0.05) is 11.6 Å². The third-order valence-electron chi connectivity index (χ3n) is 6.42. The first-order chi connectivity index (χ1) is 14.8. The van der Waals surface area contributed by atoms with Crippen molar-refractivity contribution in [3.8, 4) is 5.88 Å². The third kappa shape index (κ3) is 4.51. The fraction of sp³-hybridized carbons (Fsp3) is 0.545. The van der Waals surface area contributed by atoms with E-state index in [9.17, 15) is 4.39 Å². The number of hydrogen-bond acceptors (Lipinski definition) is 5. The first-order valence-corrected chi connectivity index (χ1v) is 11.4. The zero-order chi connectivity index (χ0) is 22.2. The molecule has 2 saturated heterocycles. The lowest BCUT2D eigenvalue weighted by Gasteiger charge is -2.39. The quantitative estimate of drug-likeness (QED) is 0.376. The van der Waals surface area contributed by atoms with E-state index < -0.39 is 5.60 Å². The van der Waals surface area contributed by atoms with Gasteiger partial charge in [-0.25, -0.2) is 19.4 Å². The third-order valence-corrected chi connectivity index (χ3v) is 6.62. The minimum Gasteiger partial charge on any atom is -0.463 e. The zero-order valence-corrected chi connectivity index (χ0v) is 19.6. The highest BCUT2D eigenvalue weighted by atomic mass is 79.9. The monoisotopic (exact) mass is 490 g/mol. The first kappa shape index (κ1) is 21.9. The van der Waals surface area contributed by atoms with Crippen molar-refractivity contribution in [1.82, 2.24) is 9.97 Å². The van der Waals surface area contributed by atoms with Gasteiger partial charge in [-0.05, 0) is 68.5 Å². The van der Waals surface area contributed by atoms with Gasteiger partial charge in [0.25, 0.3) is 0 Å². The molecule has 166 valence electrons. The Morgan fingerprint density at radius 1 is 1.32 bits per heavy atom. The van der Waals surface area contributed by atoms with E-state index in [1.165, 1.54) is 18.7 Å². The molecular weight excluding hydrogens is 463 g/mol. The maximum Gasteiger partial charge on any atom is 0.222 e. The molecule has 1 aromatic heterocycles. The maximum atomic E-state index is 14.7. The number of piperidine rings is 1. The molecule has 9 heteroatoms. The molecule has 31 heavy (non-hydrogen) atoms. The van der Waals surface area contributed by atoms with Gasteiger partial charge < -0.3 is 15.4 Å². The molecule has 0 radical (unpaired) electrons. The lowest BCUT2D eigenvalue weighted by molar-refractivity contribution is 0.0955. The number of nitrogens with two attached hydrogens (primary N) is 1. The number of aromatic nitrogens is 2. The molecule has 7 nitrogen and oxygen atoms in total. The van der Waals surface area contributed by atoms with Gasteiger partial charge in [0.2, 0.25) is 5.88 Å². The zero-order valence-electron chi connectivity index (χ0n) is 18.1. The van der Waals surface area contributed by atoms with Crippen LogP contribution in [0.3, 0.4) is 0 Å². The Morgan fingerprint density at radius 2 is 2.03 bits per heavy atom. The normalized spacial score (nSPS) is 31.1. The number of aliphatic imine (C=N–C) groups is 2. The van der Waals surface area contributed by atoms with E-state index in [1.54, 1.807) is 6.92 Å². The number of anilines is 1. The molecule has 2 bridgehead atoms. The Kier molecular flexibility index (Phi) is 6.14. The molecule has 0 spiro atoms. The summed E-state index contributed by atoms with van der Waals surface area (Å²) in [5, 5.41) is 0. The number of hydrogen-bond donors (Lipinski definition) is 1. The molecule has 2 aliphatic heterocycles. The van der Waals surface area contributed by atoms with Gasteiger partial charge in [0, 0.05) is 18.5 Å². The van der Waals surface area contributed by atoms with Gasteiger partial charge in [0.05, 0.1) is 11.6 Å². The van der Waals surface area contributed by atoms with Gasteiger partial charge in [0.1, 0.15) is 24.3 Å². The summed E-state index contributed by atoms with van der Waals surface area (Å²) in [6, 6.07) is 0.915. The maximum absolute atomic E-state index is 14.7. The highest BCUT2D eigenvalue weighted by molar-refractivity contribution is 9.18. The number of fused-ring (bicyclic) bond motifs is 2. The van der Waals surface area contributed by atoms with Crippen LogP contribution in [-0.2, 0) is 0 Å². The molecule has 0 saturated carbocycles. The van der Waals surface area contributed by atoms with Gasteiger partial charge in [-0.2, -0.15) is 0 Å². The summed E-state index contributed by atoms with van der Waals surface area (Å²) in [6.07, 6.45) is 11.1. The van der Waals surface area contributed by atoms with Crippen LogP contribution in [0.5, 0.6) is 5.88 Å². The lowest BCUT2D eigenvalue weighted by Crippen LogP contribution is -2.45. The second-order valence-electron chi connectivity index (χ2n) is 8.74. The molecule has 3 unspecified atom stereocenters. The molecule has 3 aliphatic rings. The fourth-order valence-electron chi connectivity index (χ4n) is 4.76. The molecule has 4 rings (SSSR count). The van der Waals surface area contributed by atoms with Crippen LogP contribution < -0.4 is 15.4 Å². The van der Waals surface area contributed by atoms with E-state index in [1.807, 2.05) is 19.9 Å². The van der Waals surface area contributed by atoms with E-state index in [4.69, 9.17) is 10.5 Å². The second-order valence-corrected chi connectivity index (χ2v) is 9.55. The molecule has 1 aromatic rings. The topological polar surface area (TPSA) is 89.0 Å². The highest BCUT2D eigenvalue weighted by Crippen LogP contribution is 2.42. The smallest absolute Gasteiger partial charge is 0.222 e. The van der Waals surface area contributed by atoms with Crippen molar-refractivity contribution < 1.29 is 9.13 Å². The minimum atomic E-state index is -1.05. The Balaban J connectivity index is 1.54. The predicted molar refractivity (Wildman–Crippen MR) is 125 cm³/mol. The average molecular weight is 491 g/mol. The molecule has 3 atom stereocenters. The Labute approximate surface area is 190 Å². The van der Waals surface area contributed by atoms with Crippen molar-refractivity contribution >= 4 is 32.8 Å². The highest BCUT2D eigenvalue weighted by Gasteiger charge is 2.42. The van der Waals surface area contributed by atoms with Crippen LogP contribution in [0, 0.1) is 6.92 Å². The van der Waals surface area contributed by atoms with Crippen LogP contribution >= 0.6 is 15.9 Å². The van der Waals surface area contributed by atoms with Crippen LogP contribution in [0.15, 0.2) is 39.9 Å². The average Bonchev–Trinajstić information content (AvgIpc) is 2.96. The summed E-state index contributed by atoms with van der Waals surface area (Å²) < 4.78 is 21.1. The van der Waals surface area contributed by atoms with E-state index in [0.717, 1.165) is 42.6 Å². The summed E-state index contributed by atoms with van der Waals surface area (Å²) in [6.45, 7) is 5.60. The van der Waals surface area contributed by atoms with Crippen molar-refractivity contribution in [2.45, 2.75) is 76.6 Å². The first-order valence-electron chi connectivity index (χ1n) is 10.6. The van der Waals surface area contributed by atoms with Gasteiger partial charge >= 0.3 is 0 Å². The minimum absolute atomic E-state index is 0.220. The second kappa shape index (κ2) is 8.68. The number of rotatable bonds is 5. The largest absolute Gasteiger partial charge is 0.463 e. The summed E-state index contributed by atoms with van der Waals surface area (Å²) in [5.41, 5.74) is 6.21. The van der Waals surface area contributed by atoms with Crippen molar-refractivity contribution in [1.29, 1.82) is 0 Å². The molecule has 3 heterocycles. The van der Waals surface area contributed by atoms with Crippen LogP contribution in [0.25, 0.3) is 0 Å². The molecule has 1 aliphatic carbocycles. The molecular formula is C22H28BrFN6O. The van der Waals surface area contributed by atoms with Gasteiger partial charge in [-0.3, -0.25) is 4.99 Å². The van der Waals surface area contributed by atoms with Crippen LogP contribution in [0.2, 0.25) is 0 Å². The standard InChI is InChI=1S/C22H28BrFN6O/c1-13-6-7-22(3,18(24)8-13)31-20-14(2)19(27-12-28-20)30-16-4-5-17(30)10-15(9-16)26-11-29-21(23)25/h6,8,11-12,15-17H,4-5,7,9-10H2,1-3H3,(H2,25,26,29). The summed E-state index contributed by atoms with van der Waals surface area (Å²) in [5.74, 6) is 1.03. The summed E-state index contributed by atoms with van der Waals surface area (Å²) in [4.78, 5) is 19.9. The number of halogens is 2. The van der Waals surface area contributed by atoms with Crippen LogP contribution in [0.1, 0.15) is 51.5 Å². The number of nitrogens with zero attached hydrogens (tertiary/aromatic N) is 5. The fourth-order valence-corrected chi connectivity index (χ4v) is 4.85. The SMILES string of the molecule is CC1=CCC(C)(Oc2ncnc(N3C4CCC3CC(N=CN=C(N)Br)C4)c2C)C(F)=C1. The Hall–Kier alpha value is -2.29. The van der Waals surface area contributed by atoms with Crippen molar-refractivity contribution in [2.24, 2.45) is 15.7 Å². The molecule has 0 aromatic carbocycles. The van der Waals surface area contributed by atoms with E-state index in [0.29, 0.717) is 29.1 Å². The summed E-state index contributed by atoms with van der Waals surface area (Å²) >= 11 is 3.11. The van der Waals surface area contributed by atoms with Crippen LogP contribution in [-0.4, -0.2) is 44.8 Å². The van der Waals surface area contributed by atoms with Crippen molar-refractivity contribution in [3.63, 3.8) is 0 Å². The molecule has 2 fully saturated rings. The Morgan fingerprint density at radius 3 is 2.68 bits per heavy atom. The summed E-state index contributed by atoms with van der Waals surface area (Å²) in [7, 11) is 0. The van der Waals surface area contributed by atoms with Crippen molar-refractivity contribution in [3.05, 3.63) is 35.4 Å². The Bertz CT molecular complexity index is 959. The van der Waals surface area contributed by atoms with Gasteiger partial charge in [0.15, 0.2) is 10.3 Å². The van der Waals surface area contributed by atoms with Crippen LogP contribution in [0.4, 0.5) is 10.2 Å².